The highest BCUT2D eigenvalue weighted by molar-refractivity contribution is 5.64. The summed E-state index contributed by atoms with van der Waals surface area (Å²) in [4.78, 5) is 0. The molecule has 4 nitrogen and oxygen atoms in total. The zero-order valence-electron chi connectivity index (χ0n) is 13.9. The van der Waals surface area contributed by atoms with Crippen molar-refractivity contribution in [2.75, 3.05) is 0 Å². The summed E-state index contributed by atoms with van der Waals surface area (Å²) < 4.78 is 77.9. The van der Waals surface area contributed by atoms with Gasteiger partial charge < -0.3 is 0 Å². The van der Waals surface area contributed by atoms with Crippen LogP contribution in [-0.4, -0.2) is 15.4 Å². The molecule has 1 N–H and O–H groups in total. The molecular weight excluding hydrogens is 386 g/mol. The number of nitriles is 1. The molecule has 1 aromatic heterocycles. The quantitative estimate of drug-likeness (QED) is 0.636. The van der Waals surface area contributed by atoms with E-state index in [0.717, 1.165) is 0 Å². The number of H-pyrrole nitrogens is 1. The highest BCUT2D eigenvalue weighted by atomic mass is 19.4. The molecule has 0 aliphatic rings. The normalized spacial score (nSPS) is 12.0. The molecule has 0 atom stereocenters. The van der Waals surface area contributed by atoms with E-state index < -0.39 is 23.5 Å². The molecule has 28 heavy (non-hydrogen) atoms. The van der Waals surface area contributed by atoms with Crippen LogP contribution in [0.2, 0.25) is 0 Å². The Bertz CT molecular complexity index is 1010. The van der Waals surface area contributed by atoms with E-state index in [0.29, 0.717) is 23.3 Å². The summed E-state index contributed by atoms with van der Waals surface area (Å²) in [6.07, 6.45) is -9.97. The van der Waals surface area contributed by atoms with E-state index >= 15 is 0 Å². The van der Waals surface area contributed by atoms with Gasteiger partial charge in [0.1, 0.15) is 11.8 Å². The maximum Gasteiger partial charge on any atom is 0.416 e. The van der Waals surface area contributed by atoms with Crippen LogP contribution in [-0.2, 0) is 18.8 Å². The van der Waals surface area contributed by atoms with Crippen LogP contribution in [0.3, 0.4) is 0 Å². The smallest absolute Gasteiger partial charge is 0.247 e. The Kier molecular flexibility index (Phi) is 4.85. The van der Waals surface area contributed by atoms with E-state index in [1.807, 2.05) is 6.07 Å². The summed E-state index contributed by atoms with van der Waals surface area (Å²) in [6.45, 7) is 0. The lowest BCUT2D eigenvalue weighted by Crippen LogP contribution is -2.12. The van der Waals surface area contributed by atoms with Crippen molar-refractivity contribution in [2.45, 2.75) is 18.8 Å². The zero-order chi connectivity index (χ0) is 20.5. The molecule has 10 heteroatoms. The number of aromatic amines is 1. The summed E-state index contributed by atoms with van der Waals surface area (Å²) in [6, 6.07) is 9.61. The Morgan fingerprint density at radius 1 is 0.893 bits per heavy atom. The number of alkyl halides is 6. The Balaban J connectivity index is 2.00. The molecule has 3 rings (SSSR count). The average molecular weight is 396 g/mol. The first-order chi connectivity index (χ1) is 13.1. The van der Waals surface area contributed by atoms with Crippen LogP contribution in [0.25, 0.3) is 11.3 Å². The number of aromatic nitrogens is 3. The van der Waals surface area contributed by atoms with Crippen molar-refractivity contribution in [3.05, 3.63) is 70.4 Å². The minimum atomic E-state index is -4.90. The lowest BCUT2D eigenvalue weighted by molar-refractivity contribution is -0.143. The molecule has 3 aromatic rings. The van der Waals surface area contributed by atoms with Gasteiger partial charge in [0.15, 0.2) is 5.69 Å². The van der Waals surface area contributed by atoms with Gasteiger partial charge in [-0.2, -0.15) is 31.6 Å². The van der Waals surface area contributed by atoms with E-state index in [9.17, 15) is 26.3 Å². The van der Waals surface area contributed by atoms with E-state index in [1.54, 1.807) is 18.2 Å². The summed E-state index contributed by atoms with van der Waals surface area (Å²) in [5.74, 6) is 0. The van der Waals surface area contributed by atoms with Crippen LogP contribution in [0.4, 0.5) is 26.3 Å². The van der Waals surface area contributed by atoms with E-state index in [2.05, 4.69) is 15.4 Å². The van der Waals surface area contributed by atoms with Gasteiger partial charge in [0.05, 0.1) is 11.1 Å². The minimum Gasteiger partial charge on any atom is -0.247 e. The fourth-order valence-corrected chi connectivity index (χ4v) is 2.69. The zero-order valence-corrected chi connectivity index (χ0v) is 13.9. The molecule has 0 fully saturated rings. The van der Waals surface area contributed by atoms with Crippen LogP contribution in [0.5, 0.6) is 0 Å². The van der Waals surface area contributed by atoms with Crippen molar-refractivity contribution in [1.29, 1.82) is 5.26 Å². The lowest BCUT2D eigenvalue weighted by atomic mass is 9.97. The van der Waals surface area contributed by atoms with Crippen molar-refractivity contribution in [3.8, 4) is 17.3 Å². The van der Waals surface area contributed by atoms with Gasteiger partial charge in [0, 0.05) is 5.56 Å². The molecule has 144 valence electrons. The maximum absolute atomic E-state index is 13.0. The van der Waals surface area contributed by atoms with Gasteiger partial charge in [-0.25, -0.2) is 5.10 Å². The third kappa shape index (κ3) is 4.14. The van der Waals surface area contributed by atoms with Gasteiger partial charge in [-0.05, 0) is 41.8 Å². The van der Waals surface area contributed by atoms with Crippen LogP contribution in [0, 0.1) is 11.3 Å². The molecule has 0 aliphatic heterocycles. The molecule has 0 spiro atoms. The molecule has 2 aromatic carbocycles. The number of nitrogens with zero attached hydrogens (tertiary/aromatic N) is 3. The van der Waals surface area contributed by atoms with Crippen molar-refractivity contribution in [3.63, 3.8) is 0 Å². The molecular formula is C18H10F6N4. The second-order valence-corrected chi connectivity index (χ2v) is 5.94. The molecule has 0 amide bonds. The summed E-state index contributed by atoms with van der Waals surface area (Å²) >= 11 is 0. The van der Waals surface area contributed by atoms with E-state index in [4.69, 9.17) is 5.26 Å². The molecule has 0 bridgehead atoms. The first kappa shape index (κ1) is 19.4. The molecule has 0 saturated heterocycles. The van der Waals surface area contributed by atoms with E-state index in [1.165, 1.54) is 6.07 Å². The van der Waals surface area contributed by atoms with Crippen molar-refractivity contribution in [2.24, 2.45) is 0 Å². The van der Waals surface area contributed by atoms with Crippen LogP contribution in [0.1, 0.15) is 27.9 Å². The SMILES string of the molecule is N#Cc1[nH]nnc1-c1cccc(Cc2cc(C(F)(F)F)cc(C(F)(F)F)c2)c1. The number of rotatable bonds is 3. The van der Waals surface area contributed by atoms with Crippen LogP contribution in [0.15, 0.2) is 42.5 Å². The second-order valence-electron chi connectivity index (χ2n) is 5.94. The third-order valence-electron chi connectivity index (χ3n) is 3.92. The molecule has 1 heterocycles. The van der Waals surface area contributed by atoms with Gasteiger partial charge in [-0.1, -0.05) is 23.4 Å². The second kappa shape index (κ2) is 6.99. The topological polar surface area (TPSA) is 65.4 Å². The lowest BCUT2D eigenvalue weighted by Gasteiger charge is -2.14. The Hall–Kier alpha value is -3.35. The van der Waals surface area contributed by atoms with Gasteiger partial charge in [-0.15, -0.1) is 5.10 Å². The molecule has 0 radical (unpaired) electrons. The highest BCUT2D eigenvalue weighted by Crippen LogP contribution is 2.36. The summed E-state index contributed by atoms with van der Waals surface area (Å²) in [7, 11) is 0. The van der Waals surface area contributed by atoms with Gasteiger partial charge in [0.2, 0.25) is 0 Å². The Labute approximate surface area is 154 Å². The number of benzene rings is 2. The van der Waals surface area contributed by atoms with Gasteiger partial charge in [0.25, 0.3) is 0 Å². The Morgan fingerprint density at radius 2 is 1.54 bits per heavy atom. The number of hydrogen-bond donors (Lipinski definition) is 1. The van der Waals surface area contributed by atoms with Gasteiger partial charge >= 0.3 is 12.4 Å². The maximum atomic E-state index is 13.0. The molecule has 0 unspecified atom stereocenters. The third-order valence-corrected chi connectivity index (χ3v) is 3.92. The summed E-state index contributed by atoms with van der Waals surface area (Å²) in [5.41, 5.74) is -1.61. The first-order valence-corrected chi connectivity index (χ1v) is 7.77. The average Bonchev–Trinajstić information content (AvgIpc) is 3.09. The van der Waals surface area contributed by atoms with Crippen LogP contribution < -0.4 is 0 Å². The number of halogens is 6. The summed E-state index contributed by atoms with van der Waals surface area (Å²) in [5, 5.41) is 18.7. The van der Waals surface area contributed by atoms with Crippen molar-refractivity contribution < 1.29 is 26.3 Å². The fraction of sp³-hybridized carbons (Fsp3) is 0.167. The highest BCUT2D eigenvalue weighted by Gasteiger charge is 2.36. The molecule has 0 saturated carbocycles. The monoisotopic (exact) mass is 396 g/mol. The largest absolute Gasteiger partial charge is 0.416 e. The minimum absolute atomic E-state index is 0.0918. The Morgan fingerprint density at radius 3 is 2.11 bits per heavy atom. The van der Waals surface area contributed by atoms with E-state index in [-0.39, 0.29) is 29.4 Å². The predicted octanol–water partition coefficient (Wildman–Crippen LogP) is 4.97. The fourth-order valence-electron chi connectivity index (χ4n) is 2.69. The first-order valence-electron chi connectivity index (χ1n) is 7.77. The molecule has 0 aliphatic carbocycles. The standard InChI is InChI=1S/C18H10F6N4/c19-17(20,21)13-6-11(7-14(8-13)18(22,23)24)4-10-2-1-3-12(5-10)16-15(9-25)26-28-27-16/h1-3,5-8H,4H2,(H,26,27,28). The predicted molar refractivity (Wildman–Crippen MR) is 85.8 cm³/mol. The van der Waals surface area contributed by atoms with Crippen LogP contribution >= 0.6 is 0 Å². The van der Waals surface area contributed by atoms with Crippen molar-refractivity contribution >= 4 is 0 Å². The van der Waals surface area contributed by atoms with Crippen molar-refractivity contribution in [1.82, 2.24) is 15.4 Å². The number of hydrogen-bond acceptors (Lipinski definition) is 3. The van der Waals surface area contributed by atoms with Gasteiger partial charge in [-0.3, -0.25) is 0 Å². The number of nitrogens with one attached hydrogen (secondary N) is 1.